The summed E-state index contributed by atoms with van der Waals surface area (Å²) in [5.74, 6) is -0.321. The number of aromatic nitrogens is 2. The highest BCUT2D eigenvalue weighted by Crippen LogP contribution is 2.29. The third kappa shape index (κ3) is 5.65. The molecule has 0 saturated heterocycles. The van der Waals surface area contributed by atoms with Crippen LogP contribution < -0.4 is 10.6 Å². The number of halogens is 1. The summed E-state index contributed by atoms with van der Waals surface area (Å²) in [6.07, 6.45) is 1.64. The predicted octanol–water partition coefficient (Wildman–Crippen LogP) is 3.07. The Morgan fingerprint density at radius 2 is 2.17 bits per heavy atom. The van der Waals surface area contributed by atoms with E-state index in [-0.39, 0.29) is 17.0 Å². The van der Waals surface area contributed by atoms with Gasteiger partial charge in [-0.2, -0.15) is 0 Å². The molecular formula is C15H17FN4OS2. The van der Waals surface area contributed by atoms with Gasteiger partial charge >= 0.3 is 0 Å². The lowest BCUT2D eigenvalue weighted by atomic mass is 10.2. The van der Waals surface area contributed by atoms with Crippen LogP contribution in [0.2, 0.25) is 0 Å². The average Bonchev–Trinajstić information content (AvgIpc) is 2.99. The highest BCUT2D eigenvalue weighted by atomic mass is 32.2. The zero-order valence-electron chi connectivity index (χ0n) is 12.6. The minimum atomic E-state index is -0.257. The van der Waals surface area contributed by atoms with Crippen LogP contribution in [-0.2, 0) is 11.3 Å². The number of carbonyl (C=O) groups excluding carboxylic acids is 1. The highest BCUT2D eigenvalue weighted by molar-refractivity contribution is 8.02. The molecule has 1 atom stereocenters. The van der Waals surface area contributed by atoms with Crippen molar-refractivity contribution in [3.63, 3.8) is 0 Å². The molecule has 0 aliphatic heterocycles. The van der Waals surface area contributed by atoms with Gasteiger partial charge in [0, 0.05) is 13.1 Å². The minimum Gasteiger partial charge on any atom is -0.356 e. The van der Waals surface area contributed by atoms with Gasteiger partial charge in [0.25, 0.3) is 0 Å². The molecule has 0 aliphatic rings. The molecule has 2 rings (SSSR count). The maximum absolute atomic E-state index is 12.8. The molecule has 8 heteroatoms. The Morgan fingerprint density at radius 3 is 2.87 bits per heavy atom. The summed E-state index contributed by atoms with van der Waals surface area (Å²) in [4.78, 5) is 11.8. The number of hydrogen-bond donors (Lipinski definition) is 2. The van der Waals surface area contributed by atoms with Crippen LogP contribution in [0.25, 0.3) is 0 Å². The summed E-state index contributed by atoms with van der Waals surface area (Å²) in [6, 6.07) is 6.26. The predicted molar refractivity (Wildman–Crippen MR) is 92.2 cm³/mol. The molecule has 0 spiro atoms. The van der Waals surface area contributed by atoms with Gasteiger partial charge in [-0.25, -0.2) is 4.39 Å². The van der Waals surface area contributed by atoms with Crippen molar-refractivity contribution < 1.29 is 9.18 Å². The van der Waals surface area contributed by atoms with Crippen molar-refractivity contribution in [2.75, 3.05) is 11.9 Å². The van der Waals surface area contributed by atoms with Crippen LogP contribution in [0.5, 0.6) is 0 Å². The number of thioether (sulfide) groups is 1. The molecule has 0 fully saturated rings. The molecule has 122 valence electrons. The fourth-order valence-electron chi connectivity index (χ4n) is 1.63. The van der Waals surface area contributed by atoms with Gasteiger partial charge in [-0.1, -0.05) is 41.3 Å². The van der Waals surface area contributed by atoms with Crippen molar-refractivity contribution in [2.24, 2.45) is 0 Å². The van der Waals surface area contributed by atoms with Gasteiger partial charge in [0.2, 0.25) is 11.0 Å². The first-order chi connectivity index (χ1) is 11.1. The molecule has 5 nitrogen and oxygen atoms in total. The molecule has 0 saturated carbocycles. The third-order valence-corrected chi connectivity index (χ3v) is 4.90. The van der Waals surface area contributed by atoms with Crippen LogP contribution in [0, 0.1) is 5.82 Å². The van der Waals surface area contributed by atoms with Crippen molar-refractivity contribution in [3.05, 3.63) is 48.3 Å². The van der Waals surface area contributed by atoms with Crippen molar-refractivity contribution in [1.82, 2.24) is 15.5 Å². The number of benzene rings is 1. The first kappa shape index (κ1) is 17.4. The lowest BCUT2D eigenvalue weighted by molar-refractivity contribution is -0.120. The van der Waals surface area contributed by atoms with Gasteiger partial charge in [0.15, 0.2) is 4.34 Å². The highest BCUT2D eigenvalue weighted by Gasteiger charge is 2.16. The molecule has 1 unspecified atom stereocenters. The smallest absolute Gasteiger partial charge is 0.233 e. The molecule has 0 bridgehead atoms. The van der Waals surface area contributed by atoms with E-state index in [0.717, 1.165) is 5.56 Å². The van der Waals surface area contributed by atoms with Crippen molar-refractivity contribution in [1.29, 1.82) is 0 Å². The lowest BCUT2D eigenvalue weighted by Gasteiger charge is -2.08. The first-order valence-electron chi connectivity index (χ1n) is 6.95. The molecule has 1 amide bonds. The summed E-state index contributed by atoms with van der Waals surface area (Å²) < 4.78 is 13.6. The van der Waals surface area contributed by atoms with E-state index in [1.807, 2.05) is 6.92 Å². The van der Waals surface area contributed by atoms with Crippen molar-refractivity contribution in [3.8, 4) is 0 Å². The van der Waals surface area contributed by atoms with Gasteiger partial charge in [-0.3, -0.25) is 4.79 Å². The van der Waals surface area contributed by atoms with Crippen LogP contribution in [-0.4, -0.2) is 27.9 Å². The summed E-state index contributed by atoms with van der Waals surface area (Å²) in [5.41, 5.74) is 0.952. The fourth-order valence-corrected chi connectivity index (χ4v) is 3.55. The molecular weight excluding hydrogens is 335 g/mol. The van der Waals surface area contributed by atoms with Crippen LogP contribution in [0.3, 0.4) is 0 Å². The summed E-state index contributed by atoms with van der Waals surface area (Å²) in [5, 5.41) is 14.4. The molecule has 0 radical (unpaired) electrons. The SMILES string of the molecule is C=CCNC(=O)C(C)Sc1nnc(NCc2ccc(F)cc2)s1. The van der Waals surface area contributed by atoms with Crippen molar-refractivity contribution >= 4 is 34.1 Å². The zero-order chi connectivity index (χ0) is 16.7. The van der Waals surface area contributed by atoms with Gasteiger partial charge in [0.05, 0.1) is 5.25 Å². The van der Waals surface area contributed by atoms with Gasteiger partial charge in [0.1, 0.15) is 5.82 Å². The quantitative estimate of drug-likeness (QED) is 0.564. The van der Waals surface area contributed by atoms with Crippen LogP contribution in [0.15, 0.2) is 41.3 Å². The monoisotopic (exact) mass is 352 g/mol. The number of amides is 1. The molecule has 1 heterocycles. The first-order valence-corrected chi connectivity index (χ1v) is 8.65. The second kappa shape index (κ2) is 8.64. The summed E-state index contributed by atoms with van der Waals surface area (Å²) in [7, 11) is 0. The Morgan fingerprint density at radius 1 is 1.43 bits per heavy atom. The standard InChI is InChI=1S/C15H17FN4OS2/c1-3-8-17-13(21)10(2)22-15-20-19-14(23-15)18-9-11-4-6-12(16)7-5-11/h3-7,10H,1,8-9H2,2H3,(H,17,21)(H,18,19). The van der Waals surface area contributed by atoms with E-state index >= 15 is 0 Å². The fraction of sp³-hybridized carbons (Fsp3) is 0.267. The molecule has 1 aromatic heterocycles. The number of carbonyl (C=O) groups is 1. The number of nitrogens with zero attached hydrogens (tertiary/aromatic N) is 2. The van der Waals surface area contributed by atoms with E-state index in [2.05, 4.69) is 27.4 Å². The van der Waals surface area contributed by atoms with Crippen LogP contribution in [0.1, 0.15) is 12.5 Å². The summed E-state index contributed by atoms with van der Waals surface area (Å²) >= 11 is 2.74. The molecule has 23 heavy (non-hydrogen) atoms. The number of hydrogen-bond acceptors (Lipinski definition) is 6. The molecule has 0 aliphatic carbocycles. The van der Waals surface area contributed by atoms with Gasteiger partial charge < -0.3 is 10.6 Å². The van der Waals surface area contributed by atoms with E-state index in [4.69, 9.17) is 0 Å². The van der Waals surface area contributed by atoms with E-state index in [1.54, 1.807) is 18.2 Å². The van der Waals surface area contributed by atoms with Gasteiger partial charge in [-0.15, -0.1) is 16.8 Å². The largest absolute Gasteiger partial charge is 0.356 e. The normalized spacial score (nSPS) is 11.7. The van der Waals surface area contributed by atoms with Crippen LogP contribution in [0.4, 0.5) is 9.52 Å². The van der Waals surface area contributed by atoms with E-state index in [1.165, 1.54) is 35.2 Å². The maximum atomic E-state index is 12.8. The number of anilines is 1. The summed E-state index contributed by atoms with van der Waals surface area (Å²) in [6.45, 7) is 6.36. The maximum Gasteiger partial charge on any atom is 0.233 e. The number of nitrogens with one attached hydrogen (secondary N) is 2. The molecule has 2 aromatic rings. The minimum absolute atomic E-state index is 0.0640. The average molecular weight is 352 g/mol. The van der Waals surface area contributed by atoms with Crippen LogP contribution >= 0.6 is 23.1 Å². The molecule has 1 aromatic carbocycles. The van der Waals surface area contributed by atoms with Gasteiger partial charge in [-0.05, 0) is 24.6 Å². The Balaban J connectivity index is 1.84. The second-order valence-electron chi connectivity index (χ2n) is 4.65. The lowest BCUT2D eigenvalue weighted by Crippen LogP contribution is -2.30. The van der Waals surface area contributed by atoms with Crippen molar-refractivity contribution in [2.45, 2.75) is 23.1 Å². The van der Waals surface area contributed by atoms with E-state index < -0.39 is 0 Å². The number of rotatable bonds is 8. The Bertz CT molecular complexity index is 660. The Labute approximate surface area is 142 Å². The third-order valence-electron chi connectivity index (χ3n) is 2.83. The Hall–Kier alpha value is -1.93. The zero-order valence-corrected chi connectivity index (χ0v) is 14.2. The Kier molecular flexibility index (Phi) is 6.54. The second-order valence-corrected chi connectivity index (χ2v) is 7.21. The topological polar surface area (TPSA) is 66.9 Å². The van der Waals surface area contributed by atoms with E-state index in [9.17, 15) is 9.18 Å². The molecule has 2 N–H and O–H groups in total. The van der Waals surface area contributed by atoms with E-state index in [0.29, 0.717) is 22.6 Å².